The first-order valence-electron chi connectivity index (χ1n) is 12.9. The van der Waals surface area contributed by atoms with Crippen LogP contribution in [0.2, 0.25) is 0 Å². The minimum absolute atomic E-state index is 0.191. The molecule has 2 saturated heterocycles. The van der Waals surface area contributed by atoms with Crippen molar-refractivity contribution >= 4 is 17.8 Å². The third kappa shape index (κ3) is 3.93. The van der Waals surface area contributed by atoms with Crippen LogP contribution in [0.15, 0.2) is 24.3 Å². The van der Waals surface area contributed by atoms with Gasteiger partial charge in [0.05, 0.1) is 25.2 Å². The summed E-state index contributed by atoms with van der Waals surface area (Å²) < 4.78 is 12.4. The molecule has 35 heavy (non-hydrogen) atoms. The van der Waals surface area contributed by atoms with Gasteiger partial charge in [0.1, 0.15) is 23.2 Å². The molecule has 1 unspecified atom stereocenters. The van der Waals surface area contributed by atoms with Crippen molar-refractivity contribution in [1.29, 1.82) is 0 Å². The van der Waals surface area contributed by atoms with Gasteiger partial charge in [0, 0.05) is 12.1 Å². The number of aliphatic hydroxyl groups is 1. The molecule has 0 aromatic heterocycles. The highest BCUT2D eigenvalue weighted by Gasteiger charge is 2.76. The van der Waals surface area contributed by atoms with E-state index in [1.807, 2.05) is 65.8 Å². The van der Waals surface area contributed by atoms with E-state index in [1.165, 1.54) is 4.90 Å². The fourth-order valence-electron chi connectivity index (χ4n) is 6.48. The van der Waals surface area contributed by atoms with Gasteiger partial charge in [0.25, 0.3) is 0 Å². The Bertz CT molecular complexity index is 936. The van der Waals surface area contributed by atoms with Crippen molar-refractivity contribution in [2.45, 2.75) is 89.6 Å². The molecule has 0 aliphatic carbocycles. The van der Waals surface area contributed by atoms with Gasteiger partial charge in [0.15, 0.2) is 0 Å². The molecule has 8 heteroatoms. The maximum Gasteiger partial charge on any atom is 0.313 e. The van der Waals surface area contributed by atoms with Crippen LogP contribution in [0, 0.1) is 17.8 Å². The number of hydrogen-bond donors (Lipinski definition) is 1. The molecule has 1 N–H and O–H groups in total. The molecule has 0 radical (unpaired) electrons. The summed E-state index contributed by atoms with van der Waals surface area (Å²) in [6.07, 6.45) is 9.14. The maximum absolute atomic E-state index is 14.3. The van der Waals surface area contributed by atoms with Crippen LogP contribution in [-0.2, 0) is 23.9 Å². The highest BCUT2D eigenvalue weighted by Crippen LogP contribution is 2.59. The molecule has 4 aliphatic heterocycles. The highest BCUT2D eigenvalue weighted by atomic mass is 16.6. The SMILES string of the molecule is CC[C@@]12C=CCCOC(=O)[C@@H]1[C@H]1C(=O)N([C@@H](CO)CC(C)C)C3C(=O)N(C(C)(C)C)CC=C[C@@]31O2. The number of aliphatic hydroxyl groups excluding tert-OH is 1. The van der Waals surface area contributed by atoms with Crippen LogP contribution in [0.3, 0.4) is 0 Å². The summed E-state index contributed by atoms with van der Waals surface area (Å²) >= 11 is 0. The van der Waals surface area contributed by atoms with Crippen molar-refractivity contribution in [1.82, 2.24) is 9.80 Å². The zero-order valence-corrected chi connectivity index (χ0v) is 21.8. The molecule has 2 fully saturated rings. The topological polar surface area (TPSA) is 96.4 Å². The van der Waals surface area contributed by atoms with Gasteiger partial charge in [-0.05, 0) is 46.0 Å². The van der Waals surface area contributed by atoms with Crippen LogP contribution in [0.1, 0.15) is 60.8 Å². The highest BCUT2D eigenvalue weighted by molar-refractivity contribution is 5.99. The number of likely N-dealkylation sites (tertiary alicyclic amines) is 1. The molecule has 194 valence electrons. The van der Waals surface area contributed by atoms with E-state index in [4.69, 9.17) is 9.47 Å². The number of fused-ring (bicyclic) bond motifs is 2. The first kappa shape index (κ1) is 25.9. The third-order valence-corrected chi connectivity index (χ3v) is 8.00. The Balaban J connectivity index is 1.94. The Kier molecular flexibility index (Phi) is 6.68. The number of nitrogens with zero attached hydrogens (tertiary/aromatic N) is 2. The van der Waals surface area contributed by atoms with Gasteiger partial charge in [0.2, 0.25) is 11.8 Å². The van der Waals surface area contributed by atoms with Crippen molar-refractivity contribution in [3.05, 3.63) is 24.3 Å². The second-order valence-corrected chi connectivity index (χ2v) is 11.7. The van der Waals surface area contributed by atoms with Crippen LogP contribution >= 0.6 is 0 Å². The second kappa shape index (κ2) is 9.04. The van der Waals surface area contributed by atoms with E-state index in [9.17, 15) is 19.5 Å². The van der Waals surface area contributed by atoms with Crippen molar-refractivity contribution in [3.63, 3.8) is 0 Å². The molecule has 4 rings (SSSR count). The molecule has 2 amide bonds. The minimum atomic E-state index is -1.33. The maximum atomic E-state index is 14.3. The summed E-state index contributed by atoms with van der Waals surface area (Å²) in [6.45, 7) is 12.2. The molecular weight excluding hydrogens is 448 g/mol. The van der Waals surface area contributed by atoms with E-state index < -0.39 is 46.6 Å². The van der Waals surface area contributed by atoms with E-state index in [1.54, 1.807) is 4.90 Å². The first-order valence-corrected chi connectivity index (χ1v) is 12.9. The molecule has 4 aliphatic rings. The lowest BCUT2D eigenvalue weighted by Crippen LogP contribution is -2.61. The molecule has 4 heterocycles. The fourth-order valence-corrected chi connectivity index (χ4v) is 6.48. The number of carbonyl (C=O) groups is 3. The van der Waals surface area contributed by atoms with Gasteiger partial charge < -0.3 is 24.4 Å². The third-order valence-electron chi connectivity index (χ3n) is 8.00. The normalized spacial score (nSPS) is 35.9. The zero-order chi connectivity index (χ0) is 25.8. The van der Waals surface area contributed by atoms with Gasteiger partial charge in [-0.1, -0.05) is 45.1 Å². The van der Waals surface area contributed by atoms with Crippen molar-refractivity contribution in [3.8, 4) is 0 Å². The fraction of sp³-hybridized carbons (Fsp3) is 0.741. The van der Waals surface area contributed by atoms with Gasteiger partial charge in [-0.3, -0.25) is 14.4 Å². The van der Waals surface area contributed by atoms with Crippen molar-refractivity contribution in [2.24, 2.45) is 17.8 Å². The Labute approximate surface area is 208 Å². The molecule has 0 bridgehead atoms. The predicted octanol–water partition coefficient (Wildman–Crippen LogP) is 2.45. The molecule has 0 aromatic carbocycles. The summed E-state index contributed by atoms with van der Waals surface area (Å²) in [5.41, 5.74) is -2.86. The van der Waals surface area contributed by atoms with Crippen molar-refractivity contribution < 1.29 is 29.0 Å². The lowest BCUT2D eigenvalue weighted by Gasteiger charge is -2.43. The first-order chi connectivity index (χ1) is 16.4. The Morgan fingerprint density at radius 1 is 1.11 bits per heavy atom. The molecular formula is C27H40N2O6. The lowest BCUT2D eigenvalue weighted by atomic mass is 9.73. The molecule has 8 nitrogen and oxygen atoms in total. The summed E-state index contributed by atoms with van der Waals surface area (Å²) in [7, 11) is 0. The molecule has 1 spiro atoms. The monoisotopic (exact) mass is 488 g/mol. The number of cyclic esters (lactones) is 1. The van der Waals surface area contributed by atoms with Gasteiger partial charge in [-0.25, -0.2) is 0 Å². The number of ether oxygens (including phenoxy) is 2. The molecule has 6 atom stereocenters. The largest absolute Gasteiger partial charge is 0.465 e. The van der Waals surface area contributed by atoms with E-state index >= 15 is 0 Å². The Morgan fingerprint density at radius 2 is 1.83 bits per heavy atom. The summed E-state index contributed by atoms with van der Waals surface area (Å²) in [6, 6.07) is -1.54. The van der Waals surface area contributed by atoms with Gasteiger partial charge in [-0.15, -0.1) is 0 Å². The standard InChI is InChI=1S/C27H40N2O6/c1-7-26-11-8-9-14-34-24(33)20(26)19-22(31)29(18(16-30)15-17(2)3)21-23(32)28(25(4,5)6)13-10-12-27(19,21)35-26/h8,10-12,17-21,30H,7,9,13-16H2,1-6H3/t18-,19+,20+,21?,26-,27+/m1/s1. The number of rotatable bonds is 5. The van der Waals surface area contributed by atoms with Gasteiger partial charge in [-0.2, -0.15) is 0 Å². The van der Waals surface area contributed by atoms with E-state index in [2.05, 4.69) is 0 Å². The number of amides is 2. The smallest absolute Gasteiger partial charge is 0.313 e. The number of hydrogen-bond acceptors (Lipinski definition) is 6. The lowest BCUT2D eigenvalue weighted by molar-refractivity contribution is -0.165. The van der Waals surface area contributed by atoms with E-state index in [0.717, 1.165) is 0 Å². The summed E-state index contributed by atoms with van der Waals surface area (Å²) in [5, 5.41) is 10.4. The molecule has 0 aromatic rings. The van der Waals surface area contributed by atoms with Crippen LogP contribution in [0.25, 0.3) is 0 Å². The summed E-state index contributed by atoms with van der Waals surface area (Å²) in [5.74, 6) is -2.61. The van der Waals surface area contributed by atoms with Crippen molar-refractivity contribution in [2.75, 3.05) is 19.8 Å². The van der Waals surface area contributed by atoms with E-state index in [0.29, 0.717) is 25.8 Å². The minimum Gasteiger partial charge on any atom is -0.465 e. The van der Waals surface area contributed by atoms with Crippen LogP contribution in [0.5, 0.6) is 0 Å². The van der Waals surface area contributed by atoms with E-state index in [-0.39, 0.29) is 30.9 Å². The average Bonchev–Trinajstić information content (AvgIpc) is 3.11. The zero-order valence-electron chi connectivity index (χ0n) is 21.8. The van der Waals surface area contributed by atoms with Crippen LogP contribution < -0.4 is 0 Å². The number of esters is 1. The Hall–Kier alpha value is -2.19. The quantitative estimate of drug-likeness (QED) is 0.472. The second-order valence-electron chi connectivity index (χ2n) is 11.7. The van der Waals surface area contributed by atoms with Gasteiger partial charge >= 0.3 is 5.97 Å². The summed E-state index contributed by atoms with van der Waals surface area (Å²) in [4.78, 5) is 45.3. The number of carbonyl (C=O) groups excluding carboxylic acids is 3. The average molecular weight is 489 g/mol. The Morgan fingerprint density at radius 3 is 2.43 bits per heavy atom. The molecule has 0 saturated carbocycles. The van der Waals surface area contributed by atoms with Crippen LogP contribution in [-0.4, -0.2) is 81.3 Å². The predicted molar refractivity (Wildman–Crippen MR) is 130 cm³/mol. The van der Waals surface area contributed by atoms with Crippen LogP contribution in [0.4, 0.5) is 0 Å².